The molecular formula is C16H16N4O4. The lowest BCUT2D eigenvalue weighted by Crippen LogP contribution is -2.13. The number of carbonyl (C=O) groups is 1. The highest BCUT2D eigenvalue weighted by Crippen LogP contribution is 2.38. The summed E-state index contributed by atoms with van der Waals surface area (Å²) in [7, 11) is 4.51. The van der Waals surface area contributed by atoms with E-state index in [4.69, 9.17) is 14.2 Å². The van der Waals surface area contributed by atoms with E-state index in [0.29, 0.717) is 34.1 Å². The minimum Gasteiger partial charge on any atom is -0.493 e. The largest absolute Gasteiger partial charge is 0.493 e. The topological polar surface area (TPSA) is 87.0 Å². The van der Waals surface area contributed by atoms with Crippen molar-refractivity contribution < 1.29 is 19.0 Å². The van der Waals surface area contributed by atoms with Crippen molar-refractivity contribution in [1.29, 1.82) is 0 Å². The summed E-state index contributed by atoms with van der Waals surface area (Å²) in [4.78, 5) is 12.5. The van der Waals surface area contributed by atoms with Crippen molar-refractivity contribution in [2.75, 3.05) is 26.6 Å². The molecule has 3 aromatic rings. The van der Waals surface area contributed by atoms with Crippen LogP contribution < -0.4 is 19.5 Å². The average Bonchev–Trinajstić information content (AvgIpc) is 3.07. The fourth-order valence-electron chi connectivity index (χ4n) is 2.32. The number of nitrogens with zero attached hydrogens (tertiary/aromatic N) is 3. The number of ether oxygens (including phenoxy) is 3. The SMILES string of the molecule is COc1cc(C(=O)Nc2ccc3nncn3c2)cc(OC)c1OC. The number of rotatable bonds is 5. The minimum atomic E-state index is -0.304. The molecule has 0 unspecified atom stereocenters. The van der Waals surface area contributed by atoms with Crippen LogP contribution >= 0.6 is 0 Å². The quantitative estimate of drug-likeness (QED) is 0.771. The number of fused-ring (bicyclic) bond motifs is 1. The highest BCUT2D eigenvalue weighted by Gasteiger charge is 2.17. The van der Waals surface area contributed by atoms with Crippen LogP contribution in [0.4, 0.5) is 5.69 Å². The minimum absolute atomic E-state index is 0.304. The van der Waals surface area contributed by atoms with Crippen LogP contribution in [0.5, 0.6) is 17.2 Å². The number of anilines is 1. The van der Waals surface area contributed by atoms with Gasteiger partial charge < -0.3 is 19.5 Å². The van der Waals surface area contributed by atoms with Crippen LogP contribution in [0.1, 0.15) is 10.4 Å². The van der Waals surface area contributed by atoms with E-state index in [2.05, 4.69) is 15.5 Å². The van der Waals surface area contributed by atoms with Crippen molar-refractivity contribution in [3.8, 4) is 17.2 Å². The molecule has 2 aromatic heterocycles. The van der Waals surface area contributed by atoms with Crippen LogP contribution in [0.25, 0.3) is 5.65 Å². The van der Waals surface area contributed by atoms with Gasteiger partial charge in [0.15, 0.2) is 17.1 Å². The predicted octanol–water partition coefficient (Wildman–Crippen LogP) is 2.01. The Morgan fingerprint density at radius 1 is 1.08 bits per heavy atom. The summed E-state index contributed by atoms with van der Waals surface area (Å²) >= 11 is 0. The van der Waals surface area contributed by atoms with Crippen LogP contribution in [0.15, 0.2) is 36.8 Å². The number of pyridine rings is 1. The molecule has 1 amide bonds. The van der Waals surface area contributed by atoms with Crippen molar-refractivity contribution in [3.05, 3.63) is 42.4 Å². The van der Waals surface area contributed by atoms with E-state index in [1.54, 1.807) is 41.2 Å². The standard InChI is InChI=1S/C16H16N4O4/c1-22-12-6-10(7-13(23-2)15(12)24-3)16(21)18-11-4-5-14-19-17-9-20(14)8-11/h4-9H,1-3H3,(H,18,21). The van der Waals surface area contributed by atoms with Crippen LogP contribution in [-0.4, -0.2) is 41.8 Å². The van der Waals surface area contributed by atoms with E-state index < -0.39 is 0 Å². The third-order valence-corrected chi connectivity index (χ3v) is 3.48. The van der Waals surface area contributed by atoms with Crippen molar-refractivity contribution >= 4 is 17.2 Å². The molecule has 0 spiro atoms. The first-order valence-electron chi connectivity index (χ1n) is 7.07. The normalized spacial score (nSPS) is 10.5. The number of aromatic nitrogens is 3. The molecule has 1 aromatic carbocycles. The predicted molar refractivity (Wildman–Crippen MR) is 87.0 cm³/mol. The molecule has 0 aliphatic carbocycles. The molecule has 1 N–H and O–H groups in total. The lowest BCUT2D eigenvalue weighted by atomic mass is 10.1. The second-order valence-corrected chi connectivity index (χ2v) is 4.88. The van der Waals surface area contributed by atoms with Gasteiger partial charge in [-0.25, -0.2) is 0 Å². The lowest BCUT2D eigenvalue weighted by Gasteiger charge is -2.14. The van der Waals surface area contributed by atoms with Gasteiger partial charge in [0.2, 0.25) is 5.75 Å². The van der Waals surface area contributed by atoms with E-state index >= 15 is 0 Å². The van der Waals surface area contributed by atoms with Gasteiger partial charge in [0.1, 0.15) is 6.33 Å². The summed E-state index contributed by atoms with van der Waals surface area (Å²) in [5, 5.41) is 10.5. The number of carbonyl (C=O) groups excluding carboxylic acids is 1. The lowest BCUT2D eigenvalue weighted by molar-refractivity contribution is 0.102. The summed E-state index contributed by atoms with van der Waals surface area (Å²) in [5.74, 6) is 0.955. The van der Waals surface area contributed by atoms with Gasteiger partial charge in [0.05, 0.1) is 27.0 Å². The Morgan fingerprint density at radius 2 is 1.79 bits per heavy atom. The number of methoxy groups -OCH3 is 3. The number of benzene rings is 1. The molecule has 24 heavy (non-hydrogen) atoms. The monoisotopic (exact) mass is 328 g/mol. The van der Waals surface area contributed by atoms with Crippen molar-refractivity contribution in [1.82, 2.24) is 14.6 Å². The van der Waals surface area contributed by atoms with Gasteiger partial charge >= 0.3 is 0 Å². The molecule has 8 heteroatoms. The van der Waals surface area contributed by atoms with Crippen molar-refractivity contribution in [3.63, 3.8) is 0 Å². The maximum Gasteiger partial charge on any atom is 0.255 e. The summed E-state index contributed by atoms with van der Waals surface area (Å²) in [6.45, 7) is 0. The Balaban J connectivity index is 1.91. The molecule has 8 nitrogen and oxygen atoms in total. The van der Waals surface area contributed by atoms with Gasteiger partial charge in [-0.2, -0.15) is 0 Å². The third-order valence-electron chi connectivity index (χ3n) is 3.48. The van der Waals surface area contributed by atoms with Gasteiger partial charge in [-0.1, -0.05) is 0 Å². The number of amides is 1. The molecule has 2 heterocycles. The Morgan fingerprint density at radius 3 is 2.42 bits per heavy atom. The maximum atomic E-state index is 12.5. The molecule has 3 rings (SSSR count). The van der Waals surface area contributed by atoms with E-state index in [1.165, 1.54) is 21.3 Å². The summed E-state index contributed by atoms with van der Waals surface area (Å²) in [6.07, 6.45) is 3.29. The first-order chi connectivity index (χ1) is 11.7. The zero-order valence-electron chi connectivity index (χ0n) is 13.4. The van der Waals surface area contributed by atoms with Gasteiger partial charge in [0, 0.05) is 11.8 Å². The van der Waals surface area contributed by atoms with Gasteiger partial charge in [0.25, 0.3) is 5.91 Å². The second-order valence-electron chi connectivity index (χ2n) is 4.88. The Hall–Kier alpha value is -3.29. The molecule has 0 bridgehead atoms. The zero-order valence-corrected chi connectivity index (χ0v) is 13.4. The number of hydrogen-bond acceptors (Lipinski definition) is 6. The van der Waals surface area contributed by atoms with E-state index in [9.17, 15) is 4.79 Å². The zero-order chi connectivity index (χ0) is 17.1. The molecular weight excluding hydrogens is 312 g/mol. The Bertz CT molecular complexity index is 866. The van der Waals surface area contributed by atoms with Crippen LogP contribution in [0, 0.1) is 0 Å². The molecule has 0 atom stereocenters. The molecule has 0 fully saturated rings. The van der Waals surface area contributed by atoms with Gasteiger partial charge in [-0.05, 0) is 24.3 Å². The highest BCUT2D eigenvalue weighted by atomic mass is 16.5. The van der Waals surface area contributed by atoms with Gasteiger partial charge in [-0.3, -0.25) is 9.20 Å². The first kappa shape index (κ1) is 15.6. The van der Waals surface area contributed by atoms with Crippen molar-refractivity contribution in [2.24, 2.45) is 0 Å². The fraction of sp³-hybridized carbons (Fsp3) is 0.188. The smallest absolute Gasteiger partial charge is 0.255 e. The van der Waals surface area contributed by atoms with E-state index in [1.807, 2.05) is 0 Å². The third kappa shape index (κ3) is 2.81. The fourth-order valence-corrected chi connectivity index (χ4v) is 2.32. The summed E-state index contributed by atoms with van der Waals surface area (Å²) in [5.41, 5.74) is 1.69. The average molecular weight is 328 g/mol. The van der Waals surface area contributed by atoms with E-state index in [-0.39, 0.29) is 5.91 Å². The number of nitrogens with one attached hydrogen (secondary N) is 1. The number of hydrogen-bond donors (Lipinski definition) is 1. The molecule has 0 radical (unpaired) electrons. The molecule has 0 saturated heterocycles. The van der Waals surface area contributed by atoms with Crippen LogP contribution in [0.3, 0.4) is 0 Å². The summed E-state index contributed by atoms with van der Waals surface area (Å²) in [6, 6.07) is 6.69. The molecule has 0 aliphatic heterocycles. The summed E-state index contributed by atoms with van der Waals surface area (Å²) < 4.78 is 17.5. The Labute approximate surface area is 138 Å². The highest BCUT2D eigenvalue weighted by molar-refractivity contribution is 6.05. The van der Waals surface area contributed by atoms with Gasteiger partial charge in [-0.15, -0.1) is 10.2 Å². The van der Waals surface area contributed by atoms with E-state index in [0.717, 1.165) is 0 Å². The van der Waals surface area contributed by atoms with Crippen molar-refractivity contribution in [2.45, 2.75) is 0 Å². The Kier molecular flexibility index (Phi) is 4.19. The molecule has 124 valence electrons. The maximum absolute atomic E-state index is 12.5. The first-order valence-corrected chi connectivity index (χ1v) is 7.07. The second kappa shape index (κ2) is 6.45. The van der Waals surface area contributed by atoms with Crippen LogP contribution in [0.2, 0.25) is 0 Å². The molecule has 0 saturated carbocycles. The molecule has 0 aliphatic rings. The van der Waals surface area contributed by atoms with Crippen LogP contribution in [-0.2, 0) is 0 Å².